The van der Waals surface area contributed by atoms with E-state index in [1.807, 2.05) is 20.8 Å². The summed E-state index contributed by atoms with van der Waals surface area (Å²) < 4.78 is 31.5. The third kappa shape index (κ3) is 8.13. The fourth-order valence-corrected chi connectivity index (χ4v) is 3.56. The van der Waals surface area contributed by atoms with E-state index in [0.717, 1.165) is 12.5 Å². The van der Waals surface area contributed by atoms with E-state index >= 15 is 0 Å². The van der Waals surface area contributed by atoms with Crippen molar-refractivity contribution in [1.29, 1.82) is 0 Å². The van der Waals surface area contributed by atoms with Gasteiger partial charge >= 0.3 is 0 Å². The lowest BCUT2D eigenvalue weighted by atomic mass is 10.4. The van der Waals surface area contributed by atoms with Crippen molar-refractivity contribution in [1.82, 2.24) is 14.5 Å². The molecule has 1 N–H and O–H groups in total. The van der Waals surface area contributed by atoms with Crippen molar-refractivity contribution < 1.29 is 13.2 Å². The van der Waals surface area contributed by atoms with Crippen molar-refractivity contribution >= 4 is 40.0 Å². The average molecular weight is 474 g/mol. The largest absolute Gasteiger partial charge is 0.378 e. The van der Waals surface area contributed by atoms with Crippen molar-refractivity contribution in [2.45, 2.75) is 26.9 Å². The average Bonchev–Trinajstić information content (AvgIpc) is 2.51. The van der Waals surface area contributed by atoms with Gasteiger partial charge in [0, 0.05) is 32.7 Å². The summed E-state index contributed by atoms with van der Waals surface area (Å²) in [5.74, 6) is 0.850. The highest BCUT2D eigenvalue weighted by Gasteiger charge is 2.27. The van der Waals surface area contributed by atoms with Gasteiger partial charge in [0.1, 0.15) is 0 Å². The summed E-state index contributed by atoms with van der Waals surface area (Å²) in [4.78, 5) is 6.52. The van der Waals surface area contributed by atoms with E-state index in [1.54, 1.807) is 10.4 Å². The molecular formula is C15H31IN4O3S. The Kier molecular flexibility index (Phi) is 11.8. The molecule has 142 valence electrons. The lowest BCUT2D eigenvalue weighted by molar-refractivity contribution is 0.0904. The summed E-state index contributed by atoms with van der Waals surface area (Å²) in [5.41, 5.74) is 0. The van der Waals surface area contributed by atoms with E-state index < -0.39 is 10.0 Å². The molecule has 1 heterocycles. The van der Waals surface area contributed by atoms with Gasteiger partial charge in [-0.1, -0.05) is 6.08 Å². The van der Waals surface area contributed by atoms with Crippen molar-refractivity contribution in [2.75, 3.05) is 51.6 Å². The van der Waals surface area contributed by atoms with E-state index in [4.69, 9.17) is 4.74 Å². The van der Waals surface area contributed by atoms with Gasteiger partial charge in [-0.2, -0.15) is 4.31 Å². The first-order chi connectivity index (χ1) is 10.9. The number of nitrogens with one attached hydrogen (secondary N) is 1. The zero-order valence-electron chi connectivity index (χ0n) is 14.9. The minimum atomic E-state index is -3.25. The number of halogens is 1. The first-order valence-corrected chi connectivity index (χ1v) is 9.75. The number of rotatable bonds is 8. The van der Waals surface area contributed by atoms with Gasteiger partial charge in [-0.05, 0) is 20.8 Å². The molecule has 0 aromatic heterocycles. The Morgan fingerprint density at radius 2 is 1.96 bits per heavy atom. The first-order valence-electron chi connectivity index (χ1n) is 8.14. The van der Waals surface area contributed by atoms with Crippen LogP contribution in [-0.2, 0) is 14.8 Å². The Labute approximate surface area is 163 Å². The quantitative estimate of drug-likeness (QED) is 0.247. The SMILES string of the molecule is C=CCN=C(NCC)N1CCN(S(=O)(=O)CCOC(C)C)CC1.I. The van der Waals surface area contributed by atoms with Crippen LogP contribution in [0, 0.1) is 0 Å². The summed E-state index contributed by atoms with van der Waals surface area (Å²) >= 11 is 0. The van der Waals surface area contributed by atoms with Gasteiger partial charge in [-0.3, -0.25) is 0 Å². The number of ether oxygens (including phenoxy) is 1. The highest BCUT2D eigenvalue weighted by atomic mass is 127. The molecule has 1 saturated heterocycles. The van der Waals surface area contributed by atoms with Crippen molar-refractivity contribution in [3.8, 4) is 0 Å². The molecule has 0 aromatic rings. The van der Waals surface area contributed by atoms with E-state index in [9.17, 15) is 8.42 Å². The molecule has 1 fully saturated rings. The molecule has 1 aliphatic heterocycles. The van der Waals surface area contributed by atoms with Crippen LogP contribution in [0.25, 0.3) is 0 Å². The number of sulfonamides is 1. The Balaban J connectivity index is 0.00000529. The van der Waals surface area contributed by atoms with Gasteiger partial charge in [-0.15, -0.1) is 30.6 Å². The van der Waals surface area contributed by atoms with Crippen LogP contribution in [0.3, 0.4) is 0 Å². The van der Waals surface area contributed by atoms with E-state index in [-0.39, 0.29) is 42.4 Å². The maximum absolute atomic E-state index is 12.3. The fourth-order valence-electron chi connectivity index (χ4n) is 2.27. The molecule has 0 aromatic carbocycles. The minimum absolute atomic E-state index is 0. The van der Waals surface area contributed by atoms with Crippen LogP contribution in [0.1, 0.15) is 20.8 Å². The van der Waals surface area contributed by atoms with Crippen molar-refractivity contribution in [3.63, 3.8) is 0 Å². The Morgan fingerprint density at radius 1 is 1.33 bits per heavy atom. The normalized spacial score (nSPS) is 16.8. The molecule has 0 bridgehead atoms. The van der Waals surface area contributed by atoms with E-state index in [0.29, 0.717) is 32.7 Å². The third-order valence-corrected chi connectivity index (χ3v) is 5.26. The lowest BCUT2D eigenvalue weighted by Crippen LogP contribution is -2.54. The first kappa shape index (κ1) is 23.6. The smallest absolute Gasteiger partial charge is 0.216 e. The molecule has 7 nitrogen and oxygen atoms in total. The number of aliphatic imine (C=N–C) groups is 1. The molecule has 0 amide bonds. The van der Waals surface area contributed by atoms with Crippen LogP contribution >= 0.6 is 24.0 Å². The van der Waals surface area contributed by atoms with Gasteiger partial charge in [0.05, 0.1) is 25.0 Å². The summed E-state index contributed by atoms with van der Waals surface area (Å²) in [6.45, 7) is 13.3. The minimum Gasteiger partial charge on any atom is -0.378 e. The predicted octanol–water partition coefficient (Wildman–Crippen LogP) is 1.13. The van der Waals surface area contributed by atoms with Gasteiger partial charge < -0.3 is 15.0 Å². The van der Waals surface area contributed by atoms with Crippen LogP contribution in [0.2, 0.25) is 0 Å². The summed E-state index contributed by atoms with van der Waals surface area (Å²) in [7, 11) is -3.25. The number of guanidine groups is 1. The molecule has 24 heavy (non-hydrogen) atoms. The standard InChI is InChI=1S/C15H30N4O3S.HI/c1-5-7-17-15(16-6-2)18-8-10-19(11-9-18)23(20,21)13-12-22-14(3)4;/h5,14H,1,6-13H2,2-4H3,(H,16,17);1H. The van der Waals surface area contributed by atoms with Crippen LogP contribution in [0.4, 0.5) is 0 Å². The Hall–Kier alpha value is -0.390. The second kappa shape index (κ2) is 12.0. The van der Waals surface area contributed by atoms with Gasteiger partial charge in [0.25, 0.3) is 0 Å². The Bertz CT molecular complexity index is 489. The van der Waals surface area contributed by atoms with Crippen molar-refractivity contribution in [2.24, 2.45) is 4.99 Å². The molecule has 0 spiro atoms. The maximum Gasteiger partial charge on any atom is 0.216 e. The second-order valence-electron chi connectivity index (χ2n) is 5.60. The topological polar surface area (TPSA) is 74.2 Å². The predicted molar refractivity (Wildman–Crippen MR) is 110 cm³/mol. The van der Waals surface area contributed by atoms with Crippen LogP contribution in [-0.4, -0.2) is 81.3 Å². The molecule has 0 atom stereocenters. The molecule has 1 aliphatic rings. The molecule has 0 radical (unpaired) electrons. The van der Waals surface area contributed by atoms with Crippen LogP contribution in [0.15, 0.2) is 17.6 Å². The number of piperazine rings is 1. The fraction of sp³-hybridized carbons (Fsp3) is 0.800. The van der Waals surface area contributed by atoms with Crippen LogP contribution < -0.4 is 5.32 Å². The maximum atomic E-state index is 12.3. The van der Waals surface area contributed by atoms with Gasteiger partial charge in [-0.25, -0.2) is 13.4 Å². The highest BCUT2D eigenvalue weighted by Crippen LogP contribution is 2.09. The van der Waals surface area contributed by atoms with E-state index in [1.165, 1.54) is 0 Å². The summed E-state index contributed by atoms with van der Waals surface area (Å²) in [6, 6.07) is 0. The molecule has 1 rings (SSSR count). The monoisotopic (exact) mass is 474 g/mol. The van der Waals surface area contributed by atoms with E-state index in [2.05, 4.69) is 21.8 Å². The van der Waals surface area contributed by atoms with Gasteiger partial charge in [0.2, 0.25) is 10.0 Å². The third-order valence-electron chi connectivity index (χ3n) is 3.43. The number of hydrogen-bond donors (Lipinski definition) is 1. The molecular weight excluding hydrogens is 443 g/mol. The zero-order valence-corrected chi connectivity index (χ0v) is 18.0. The highest BCUT2D eigenvalue weighted by molar-refractivity contribution is 14.0. The second-order valence-corrected chi connectivity index (χ2v) is 7.69. The van der Waals surface area contributed by atoms with Crippen LogP contribution in [0.5, 0.6) is 0 Å². The molecule has 0 aliphatic carbocycles. The number of nitrogens with zero attached hydrogens (tertiary/aromatic N) is 3. The summed E-state index contributed by atoms with van der Waals surface area (Å²) in [6.07, 6.45) is 1.79. The van der Waals surface area contributed by atoms with Gasteiger partial charge in [0.15, 0.2) is 5.96 Å². The van der Waals surface area contributed by atoms with Crippen molar-refractivity contribution in [3.05, 3.63) is 12.7 Å². The number of hydrogen-bond acceptors (Lipinski definition) is 4. The zero-order chi connectivity index (χ0) is 17.3. The molecule has 0 saturated carbocycles. The summed E-state index contributed by atoms with van der Waals surface area (Å²) in [5, 5.41) is 3.23. The molecule has 9 heteroatoms. The lowest BCUT2D eigenvalue weighted by Gasteiger charge is -2.35. The Morgan fingerprint density at radius 3 is 2.46 bits per heavy atom. The molecule has 0 unspecified atom stereocenters.